The quantitative estimate of drug-likeness (QED) is 0.698. The molecule has 0 atom stereocenters. The van der Waals surface area contributed by atoms with Crippen molar-refractivity contribution in [2.75, 3.05) is 13.1 Å². The molecule has 28 heavy (non-hydrogen) atoms. The van der Waals surface area contributed by atoms with Gasteiger partial charge in [-0.2, -0.15) is 0 Å². The number of hydrogen-bond acceptors (Lipinski definition) is 3. The molecule has 0 saturated carbocycles. The first kappa shape index (κ1) is 18.9. The van der Waals surface area contributed by atoms with Crippen LogP contribution in [0.4, 0.5) is 8.78 Å². The first-order valence-corrected chi connectivity index (χ1v) is 9.42. The highest BCUT2D eigenvalue weighted by atomic mass is 35.5. The van der Waals surface area contributed by atoms with Gasteiger partial charge in [0.2, 0.25) is 0 Å². The van der Waals surface area contributed by atoms with Gasteiger partial charge >= 0.3 is 0 Å². The lowest BCUT2D eigenvalue weighted by atomic mass is 9.82. The second kappa shape index (κ2) is 6.85. The smallest absolute Gasteiger partial charge is 0.253 e. The van der Waals surface area contributed by atoms with Crippen molar-refractivity contribution in [3.05, 3.63) is 63.7 Å². The number of benzene rings is 2. The largest absolute Gasteiger partial charge is 0.486 e. The van der Waals surface area contributed by atoms with E-state index in [2.05, 4.69) is 0 Å². The summed E-state index contributed by atoms with van der Waals surface area (Å²) in [6.07, 6.45) is 1.19. The lowest BCUT2D eigenvalue weighted by Gasteiger charge is -2.44. The van der Waals surface area contributed by atoms with Crippen LogP contribution in [0.5, 0.6) is 5.75 Å². The van der Waals surface area contributed by atoms with Gasteiger partial charge in [0.05, 0.1) is 12.0 Å². The number of fused-ring (bicyclic) bond motifs is 1. The maximum Gasteiger partial charge on any atom is 0.253 e. The van der Waals surface area contributed by atoms with Crippen molar-refractivity contribution in [1.82, 2.24) is 4.90 Å². The number of halogens is 3. The molecule has 0 bridgehead atoms. The zero-order chi connectivity index (χ0) is 20.1. The van der Waals surface area contributed by atoms with E-state index in [4.69, 9.17) is 16.3 Å². The summed E-state index contributed by atoms with van der Waals surface area (Å²) in [7, 11) is 0. The minimum Gasteiger partial charge on any atom is -0.486 e. The Morgan fingerprint density at radius 2 is 1.86 bits per heavy atom. The van der Waals surface area contributed by atoms with Crippen molar-refractivity contribution in [2.45, 2.75) is 31.8 Å². The summed E-state index contributed by atoms with van der Waals surface area (Å²) in [5.74, 6) is -1.86. The fraction of sp³-hybridized carbons (Fsp3) is 0.333. The SMILES string of the molecule is Cc1cc(Cl)cc2c1OC1(CCN(C(=O)c3ccc(F)c(F)c3)CC1)CC2=O. The minimum absolute atomic E-state index is 0.0211. The summed E-state index contributed by atoms with van der Waals surface area (Å²) >= 11 is 6.06. The topological polar surface area (TPSA) is 46.6 Å². The van der Waals surface area contributed by atoms with E-state index in [1.54, 1.807) is 17.0 Å². The number of nitrogens with zero attached hydrogens (tertiary/aromatic N) is 1. The van der Waals surface area contributed by atoms with E-state index in [1.165, 1.54) is 6.07 Å². The molecular formula is C21H18ClF2NO3. The molecule has 0 radical (unpaired) electrons. The number of hydrogen-bond donors (Lipinski definition) is 0. The van der Waals surface area contributed by atoms with Gasteiger partial charge in [-0.3, -0.25) is 9.59 Å². The predicted octanol–water partition coefficient (Wildman–Crippen LogP) is 4.57. The van der Waals surface area contributed by atoms with E-state index >= 15 is 0 Å². The van der Waals surface area contributed by atoms with Crippen molar-refractivity contribution in [3.63, 3.8) is 0 Å². The van der Waals surface area contributed by atoms with Crippen LogP contribution in [0.2, 0.25) is 5.02 Å². The van der Waals surface area contributed by atoms with Crippen molar-refractivity contribution in [3.8, 4) is 5.75 Å². The van der Waals surface area contributed by atoms with Gasteiger partial charge in [-0.1, -0.05) is 11.6 Å². The molecule has 2 aromatic rings. The van der Waals surface area contributed by atoms with Crippen molar-refractivity contribution in [2.24, 2.45) is 0 Å². The van der Waals surface area contributed by atoms with Gasteiger partial charge < -0.3 is 9.64 Å². The molecule has 0 aliphatic carbocycles. The second-order valence-corrected chi connectivity index (χ2v) is 7.84. The Labute approximate surface area is 166 Å². The Balaban J connectivity index is 1.51. The number of aryl methyl sites for hydroxylation is 1. The van der Waals surface area contributed by atoms with E-state index in [-0.39, 0.29) is 23.7 Å². The zero-order valence-electron chi connectivity index (χ0n) is 15.2. The van der Waals surface area contributed by atoms with E-state index < -0.39 is 17.2 Å². The molecule has 2 heterocycles. The van der Waals surface area contributed by atoms with Crippen molar-refractivity contribution < 1.29 is 23.1 Å². The number of ether oxygens (including phenoxy) is 1. The Bertz CT molecular complexity index is 984. The Morgan fingerprint density at radius 1 is 1.14 bits per heavy atom. The number of piperidine rings is 1. The van der Waals surface area contributed by atoms with Crippen LogP contribution < -0.4 is 4.74 Å². The van der Waals surface area contributed by atoms with Gasteiger partial charge in [-0.15, -0.1) is 0 Å². The van der Waals surface area contributed by atoms with Crippen LogP contribution in [0.3, 0.4) is 0 Å². The summed E-state index contributed by atoms with van der Waals surface area (Å²) in [5, 5.41) is 0.496. The lowest BCUT2D eigenvalue weighted by Crippen LogP contribution is -2.52. The number of likely N-dealkylation sites (tertiary alicyclic amines) is 1. The molecule has 0 N–H and O–H groups in total. The molecule has 1 fully saturated rings. The van der Waals surface area contributed by atoms with E-state index in [1.807, 2.05) is 6.92 Å². The highest BCUT2D eigenvalue weighted by molar-refractivity contribution is 6.31. The average Bonchev–Trinajstić information content (AvgIpc) is 2.65. The molecule has 0 aromatic heterocycles. The van der Waals surface area contributed by atoms with Crippen LogP contribution >= 0.6 is 11.6 Å². The van der Waals surface area contributed by atoms with Gasteiger partial charge in [0.25, 0.3) is 5.91 Å². The summed E-state index contributed by atoms with van der Waals surface area (Å²) < 4.78 is 32.8. The summed E-state index contributed by atoms with van der Waals surface area (Å²) in [5.41, 5.74) is 0.741. The number of Topliss-reactive ketones (excluding diaryl/α,β-unsaturated/α-hetero) is 1. The fourth-order valence-corrected chi connectivity index (χ4v) is 4.19. The van der Waals surface area contributed by atoms with Gasteiger partial charge in [0.1, 0.15) is 11.4 Å². The molecule has 4 nitrogen and oxygen atoms in total. The molecular weight excluding hydrogens is 388 g/mol. The molecule has 2 aliphatic rings. The second-order valence-electron chi connectivity index (χ2n) is 7.41. The van der Waals surface area contributed by atoms with Gasteiger partial charge in [0.15, 0.2) is 17.4 Å². The van der Waals surface area contributed by atoms with Gasteiger partial charge in [-0.05, 0) is 42.8 Å². The summed E-state index contributed by atoms with van der Waals surface area (Å²) in [6.45, 7) is 2.58. The third-order valence-electron chi connectivity index (χ3n) is 5.47. The Hall–Kier alpha value is -2.47. The number of carbonyl (C=O) groups excluding carboxylic acids is 2. The molecule has 4 rings (SSSR count). The first-order chi connectivity index (χ1) is 13.3. The van der Waals surface area contributed by atoms with Crippen LogP contribution in [0.25, 0.3) is 0 Å². The van der Waals surface area contributed by atoms with Crippen molar-refractivity contribution in [1.29, 1.82) is 0 Å². The standard InChI is InChI=1S/C21H18ClF2NO3/c1-12-8-14(22)10-15-18(26)11-21(28-19(12)15)4-6-25(7-5-21)20(27)13-2-3-16(23)17(24)9-13/h2-3,8-10H,4-7,11H2,1H3. The lowest BCUT2D eigenvalue weighted by molar-refractivity contribution is -0.00618. The van der Waals surface area contributed by atoms with E-state index in [0.29, 0.717) is 42.3 Å². The normalized spacial score (nSPS) is 18.0. The molecule has 2 aliphatic heterocycles. The third kappa shape index (κ3) is 3.26. The maximum absolute atomic E-state index is 13.4. The van der Waals surface area contributed by atoms with Gasteiger partial charge in [0, 0.05) is 36.5 Å². The van der Waals surface area contributed by atoms with Crippen LogP contribution in [-0.2, 0) is 0 Å². The fourth-order valence-electron chi connectivity index (χ4n) is 3.92. The number of rotatable bonds is 1. The Morgan fingerprint density at radius 3 is 2.54 bits per heavy atom. The van der Waals surface area contributed by atoms with Gasteiger partial charge in [-0.25, -0.2) is 8.78 Å². The first-order valence-electron chi connectivity index (χ1n) is 9.05. The summed E-state index contributed by atoms with van der Waals surface area (Å²) in [6, 6.07) is 6.51. The van der Waals surface area contributed by atoms with E-state index in [0.717, 1.165) is 17.7 Å². The average molecular weight is 406 g/mol. The molecule has 1 spiro atoms. The minimum atomic E-state index is -1.05. The van der Waals surface area contributed by atoms with Crippen LogP contribution in [0, 0.1) is 18.6 Å². The third-order valence-corrected chi connectivity index (χ3v) is 5.69. The molecule has 0 unspecified atom stereocenters. The molecule has 146 valence electrons. The van der Waals surface area contributed by atoms with Crippen LogP contribution in [0.1, 0.15) is 45.5 Å². The van der Waals surface area contributed by atoms with E-state index in [9.17, 15) is 18.4 Å². The zero-order valence-corrected chi connectivity index (χ0v) is 16.0. The highest BCUT2D eigenvalue weighted by Crippen LogP contribution is 2.42. The van der Waals surface area contributed by atoms with Crippen LogP contribution in [0.15, 0.2) is 30.3 Å². The molecule has 1 amide bonds. The van der Waals surface area contributed by atoms with Crippen molar-refractivity contribution >= 4 is 23.3 Å². The number of amides is 1. The number of ketones is 1. The molecule has 1 saturated heterocycles. The highest BCUT2D eigenvalue weighted by Gasteiger charge is 2.44. The number of carbonyl (C=O) groups is 2. The molecule has 2 aromatic carbocycles. The molecule has 7 heteroatoms. The van der Waals surface area contributed by atoms with Crippen LogP contribution in [-0.4, -0.2) is 35.3 Å². The monoisotopic (exact) mass is 405 g/mol. The maximum atomic E-state index is 13.4. The summed E-state index contributed by atoms with van der Waals surface area (Å²) in [4.78, 5) is 26.9. The Kier molecular flexibility index (Phi) is 4.62. The predicted molar refractivity (Wildman–Crippen MR) is 100.0 cm³/mol.